The van der Waals surface area contributed by atoms with Crippen molar-refractivity contribution in [1.82, 2.24) is 14.8 Å². The monoisotopic (exact) mass is 343 g/mol. The summed E-state index contributed by atoms with van der Waals surface area (Å²) in [6.45, 7) is 3.93. The lowest BCUT2D eigenvalue weighted by Crippen LogP contribution is -2.51. The Kier molecular flexibility index (Phi) is 4.46. The Morgan fingerprint density at radius 3 is 3.04 bits per heavy atom. The minimum Gasteiger partial charge on any atom is -0.381 e. The molecule has 3 aliphatic rings. The number of hydrogen-bond acceptors (Lipinski definition) is 4. The van der Waals surface area contributed by atoms with Gasteiger partial charge in [-0.05, 0) is 37.3 Å². The molecule has 6 nitrogen and oxygen atoms in total. The van der Waals surface area contributed by atoms with E-state index in [0.29, 0.717) is 26.3 Å². The summed E-state index contributed by atoms with van der Waals surface area (Å²) in [5, 5.41) is 0. The second-order valence-electron chi connectivity index (χ2n) is 7.54. The largest absolute Gasteiger partial charge is 0.381 e. The van der Waals surface area contributed by atoms with Crippen molar-refractivity contribution in [1.29, 1.82) is 0 Å². The number of nitrogens with zero attached hydrogens (tertiary/aromatic N) is 3. The number of rotatable bonds is 3. The summed E-state index contributed by atoms with van der Waals surface area (Å²) in [6.07, 6.45) is 7.01. The number of ether oxygens (including phenoxy) is 1. The third-order valence-corrected chi connectivity index (χ3v) is 5.86. The van der Waals surface area contributed by atoms with Gasteiger partial charge in [0.15, 0.2) is 0 Å². The Morgan fingerprint density at radius 1 is 1.36 bits per heavy atom. The molecule has 25 heavy (non-hydrogen) atoms. The predicted molar refractivity (Wildman–Crippen MR) is 91.4 cm³/mol. The molecule has 2 amide bonds. The van der Waals surface area contributed by atoms with Crippen LogP contribution in [0.2, 0.25) is 0 Å². The van der Waals surface area contributed by atoms with Crippen molar-refractivity contribution in [3.63, 3.8) is 0 Å². The number of piperidine rings is 1. The van der Waals surface area contributed by atoms with Gasteiger partial charge in [0.2, 0.25) is 11.8 Å². The van der Waals surface area contributed by atoms with Crippen molar-refractivity contribution in [2.75, 3.05) is 32.8 Å². The van der Waals surface area contributed by atoms with Crippen molar-refractivity contribution < 1.29 is 14.3 Å². The zero-order chi connectivity index (χ0) is 17.3. The van der Waals surface area contributed by atoms with Crippen molar-refractivity contribution in [3.05, 3.63) is 30.1 Å². The van der Waals surface area contributed by atoms with Gasteiger partial charge in [-0.2, -0.15) is 0 Å². The summed E-state index contributed by atoms with van der Waals surface area (Å²) in [5.74, 6) is 0.366. The molecule has 3 saturated heterocycles. The number of carbonyl (C=O) groups is 2. The smallest absolute Gasteiger partial charge is 0.230 e. The van der Waals surface area contributed by atoms with Crippen molar-refractivity contribution in [3.8, 4) is 0 Å². The van der Waals surface area contributed by atoms with Gasteiger partial charge in [-0.1, -0.05) is 6.07 Å². The lowest BCUT2D eigenvalue weighted by atomic mass is 9.78. The Balaban J connectivity index is 1.44. The maximum Gasteiger partial charge on any atom is 0.230 e. The van der Waals surface area contributed by atoms with Crippen LogP contribution in [-0.4, -0.2) is 59.4 Å². The number of amides is 2. The van der Waals surface area contributed by atoms with Crippen molar-refractivity contribution in [2.24, 2.45) is 11.3 Å². The fourth-order valence-electron chi connectivity index (χ4n) is 4.44. The molecule has 1 spiro atoms. The Bertz CT molecular complexity index is 645. The quantitative estimate of drug-likeness (QED) is 0.834. The summed E-state index contributed by atoms with van der Waals surface area (Å²) in [5.41, 5.74) is 0.676. The zero-order valence-corrected chi connectivity index (χ0v) is 14.5. The first-order valence-corrected chi connectivity index (χ1v) is 9.23. The number of likely N-dealkylation sites (tertiary alicyclic amines) is 2. The molecule has 3 fully saturated rings. The zero-order valence-electron chi connectivity index (χ0n) is 14.5. The molecule has 0 aliphatic carbocycles. The number of hydrogen-bond donors (Lipinski definition) is 0. The second kappa shape index (κ2) is 6.75. The van der Waals surface area contributed by atoms with Gasteiger partial charge in [0.05, 0.1) is 17.9 Å². The molecule has 0 aromatic carbocycles. The van der Waals surface area contributed by atoms with Gasteiger partial charge in [-0.15, -0.1) is 0 Å². The average Bonchev–Trinajstić information content (AvgIpc) is 3.28. The third-order valence-electron chi connectivity index (χ3n) is 5.86. The SMILES string of the molecule is O=C([C@@H]1CCOC1)N1CCC[C@]2(CCN(Cc3cccnc3)C2=O)C1. The fraction of sp³-hybridized carbons (Fsp3) is 0.632. The molecule has 0 saturated carbocycles. The molecule has 1 aromatic rings. The summed E-state index contributed by atoms with van der Waals surface area (Å²) < 4.78 is 5.36. The third kappa shape index (κ3) is 3.15. The van der Waals surface area contributed by atoms with Crippen LogP contribution in [0.25, 0.3) is 0 Å². The van der Waals surface area contributed by atoms with E-state index in [4.69, 9.17) is 4.74 Å². The lowest BCUT2D eigenvalue weighted by Gasteiger charge is -2.40. The van der Waals surface area contributed by atoms with E-state index in [-0.39, 0.29) is 23.1 Å². The van der Waals surface area contributed by atoms with Crippen LogP contribution in [0.15, 0.2) is 24.5 Å². The fourth-order valence-corrected chi connectivity index (χ4v) is 4.44. The van der Waals surface area contributed by atoms with Gasteiger partial charge in [0.25, 0.3) is 0 Å². The highest BCUT2D eigenvalue weighted by atomic mass is 16.5. The van der Waals surface area contributed by atoms with Gasteiger partial charge in [0.1, 0.15) is 0 Å². The first kappa shape index (κ1) is 16.5. The molecule has 4 rings (SSSR count). The summed E-state index contributed by atoms with van der Waals surface area (Å²) >= 11 is 0. The molecule has 0 radical (unpaired) electrons. The van der Waals surface area contributed by atoms with Crippen LogP contribution >= 0.6 is 0 Å². The highest BCUT2D eigenvalue weighted by Crippen LogP contribution is 2.41. The van der Waals surface area contributed by atoms with E-state index in [2.05, 4.69) is 4.98 Å². The number of aromatic nitrogens is 1. The number of pyridine rings is 1. The maximum absolute atomic E-state index is 13.1. The molecule has 4 heterocycles. The van der Waals surface area contributed by atoms with Crippen LogP contribution in [0.5, 0.6) is 0 Å². The van der Waals surface area contributed by atoms with E-state index in [9.17, 15) is 9.59 Å². The number of carbonyl (C=O) groups excluding carboxylic acids is 2. The molecule has 6 heteroatoms. The van der Waals surface area contributed by atoms with Gasteiger partial charge < -0.3 is 14.5 Å². The molecule has 0 bridgehead atoms. The molecule has 0 unspecified atom stereocenters. The second-order valence-corrected chi connectivity index (χ2v) is 7.54. The van der Waals surface area contributed by atoms with Gasteiger partial charge in [-0.25, -0.2) is 0 Å². The normalized spacial score (nSPS) is 29.6. The van der Waals surface area contributed by atoms with Crippen LogP contribution < -0.4 is 0 Å². The minimum atomic E-state index is -0.379. The Hall–Kier alpha value is -1.95. The maximum atomic E-state index is 13.1. The summed E-state index contributed by atoms with van der Waals surface area (Å²) in [4.78, 5) is 33.8. The molecule has 2 atom stereocenters. The molecule has 134 valence electrons. The van der Waals surface area contributed by atoms with E-state index in [0.717, 1.165) is 44.3 Å². The Morgan fingerprint density at radius 2 is 2.28 bits per heavy atom. The summed E-state index contributed by atoms with van der Waals surface area (Å²) in [6, 6.07) is 3.90. The van der Waals surface area contributed by atoms with Gasteiger partial charge in [-0.3, -0.25) is 14.6 Å². The Labute approximate surface area is 148 Å². The lowest BCUT2D eigenvalue weighted by molar-refractivity contribution is -0.145. The van der Waals surface area contributed by atoms with Crippen LogP contribution in [0, 0.1) is 11.3 Å². The van der Waals surface area contributed by atoms with E-state index >= 15 is 0 Å². The topological polar surface area (TPSA) is 62.7 Å². The van der Waals surface area contributed by atoms with Crippen LogP contribution in [-0.2, 0) is 20.9 Å². The van der Waals surface area contributed by atoms with Crippen molar-refractivity contribution >= 4 is 11.8 Å². The molecular weight excluding hydrogens is 318 g/mol. The van der Waals surface area contributed by atoms with Gasteiger partial charge >= 0.3 is 0 Å². The predicted octanol–water partition coefficient (Wildman–Crippen LogP) is 1.46. The minimum absolute atomic E-state index is 0.0156. The van der Waals surface area contributed by atoms with E-state index in [1.165, 1.54) is 0 Å². The van der Waals surface area contributed by atoms with E-state index in [1.54, 1.807) is 6.20 Å². The molecule has 1 aromatic heterocycles. The molecule has 3 aliphatic heterocycles. The molecule has 0 N–H and O–H groups in total. The van der Waals surface area contributed by atoms with E-state index in [1.807, 2.05) is 28.1 Å². The van der Waals surface area contributed by atoms with Crippen LogP contribution in [0.4, 0.5) is 0 Å². The standard InChI is InChI=1S/C19H25N3O3/c23-17(16-4-10-25-13-16)22-8-2-5-19(14-22)6-9-21(18(19)24)12-15-3-1-7-20-11-15/h1,3,7,11,16H,2,4-6,8-10,12-14H2/t16-,19+/m1/s1. The molecular formula is C19H25N3O3. The average molecular weight is 343 g/mol. The van der Waals surface area contributed by atoms with Crippen LogP contribution in [0.3, 0.4) is 0 Å². The summed E-state index contributed by atoms with van der Waals surface area (Å²) in [7, 11) is 0. The highest BCUT2D eigenvalue weighted by Gasteiger charge is 2.50. The first-order chi connectivity index (χ1) is 12.2. The van der Waals surface area contributed by atoms with E-state index < -0.39 is 0 Å². The first-order valence-electron chi connectivity index (χ1n) is 9.23. The van der Waals surface area contributed by atoms with Crippen molar-refractivity contribution in [2.45, 2.75) is 32.2 Å². The van der Waals surface area contributed by atoms with Gasteiger partial charge in [0, 0.05) is 45.2 Å². The highest BCUT2D eigenvalue weighted by molar-refractivity contribution is 5.87. The van der Waals surface area contributed by atoms with Crippen LogP contribution in [0.1, 0.15) is 31.2 Å².